The lowest BCUT2D eigenvalue weighted by Crippen LogP contribution is -2.45. The van der Waals surface area contributed by atoms with Crippen LogP contribution in [0.4, 0.5) is 13.2 Å². The van der Waals surface area contributed by atoms with E-state index in [9.17, 15) is 13.2 Å². The molecule has 0 bridgehead atoms. The van der Waals surface area contributed by atoms with Crippen molar-refractivity contribution in [1.82, 2.24) is 10.2 Å². The molecule has 0 aliphatic carbocycles. The number of nitrogens with zero attached hydrogens (tertiary/aromatic N) is 1. The second-order valence-electron chi connectivity index (χ2n) is 5.04. The zero-order valence-corrected chi connectivity index (χ0v) is 13.3. The van der Waals surface area contributed by atoms with Gasteiger partial charge in [0.15, 0.2) is 17.5 Å². The maximum atomic E-state index is 13.6. The minimum Gasteiger partial charge on any atom is -0.314 e. The molecule has 1 atom stereocenters. The van der Waals surface area contributed by atoms with Crippen molar-refractivity contribution in [3.05, 3.63) is 57.5 Å². The average Bonchev–Trinajstić information content (AvgIpc) is 3.00. The number of thiophene rings is 1. The Morgan fingerprint density at radius 2 is 1.68 bits per heavy atom. The molecule has 0 radical (unpaired) electrons. The van der Waals surface area contributed by atoms with Crippen molar-refractivity contribution in [2.45, 2.75) is 6.04 Å². The van der Waals surface area contributed by atoms with E-state index in [0.717, 1.165) is 43.9 Å². The highest BCUT2D eigenvalue weighted by molar-refractivity contribution is 7.08. The van der Waals surface area contributed by atoms with Crippen LogP contribution in [0.2, 0.25) is 0 Å². The van der Waals surface area contributed by atoms with Gasteiger partial charge in [-0.1, -0.05) is 0 Å². The minimum atomic E-state index is -1.41. The van der Waals surface area contributed by atoms with Gasteiger partial charge in [-0.15, -0.1) is 12.4 Å². The van der Waals surface area contributed by atoms with E-state index in [0.29, 0.717) is 5.56 Å². The van der Waals surface area contributed by atoms with Crippen molar-refractivity contribution < 1.29 is 13.2 Å². The summed E-state index contributed by atoms with van der Waals surface area (Å²) in [4.78, 5) is 2.16. The van der Waals surface area contributed by atoms with Gasteiger partial charge in [-0.2, -0.15) is 11.3 Å². The van der Waals surface area contributed by atoms with Gasteiger partial charge >= 0.3 is 0 Å². The van der Waals surface area contributed by atoms with Crippen LogP contribution in [0.1, 0.15) is 17.2 Å². The van der Waals surface area contributed by atoms with Crippen LogP contribution in [0.5, 0.6) is 0 Å². The van der Waals surface area contributed by atoms with E-state index in [-0.39, 0.29) is 18.4 Å². The summed E-state index contributed by atoms with van der Waals surface area (Å²) in [5.41, 5.74) is 1.43. The van der Waals surface area contributed by atoms with Crippen LogP contribution in [0.25, 0.3) is 0 Å². The second kappa shape index (κ2) is 7.46. The summed E-state index contributed by atoms with van der Waals surface area (Å²) in [5, 5.41) is 7.15. The monoisotopic (exact) mass is 348 g/mol. The Balaban J connectivity index is 0.00000176. The van der Waals surface area contributed by atoms with E-state index in [1.807, 2.05) is 16.8 Å². The van der Waals surface area contributed by atoms with Gasteiger partial charge in [0.2, 0.25) is 0 Å². The quantitative estimate of drug-likeness (QED) is 0.853. The van der Waals surface area contributed by atoms with Gasteiger partial charge in [0.05, 0.1) is 6.04 Å². The molecule has 0 saturated carbocycles. The number of benzene rings is 1. The molecular weight excluding hydrogens is 333 g/mol. The van der Waals surface area contributed by atoms with Gasteiger partial charge in [0, 0.05) is 26.2 Å². The van der Waals surface area contributed by atoms with E-state index < -0.39 is 17.5 Å². The summed E-state index contributed by atoms with van der Waals surface area (Å²) >= 11 is 1.53. The van der Waals surface area contributed by atoms with Crippen LogP contribution in [0.15, 0.2) is 29.0 Å². The fraction of sp³-hybridized carbons (Fsp3) is 0.333. The highest BCUT2D eigenvalue weighted by Crippen LogP contribution is 2.32. The molecule has 2 aromatic rings. The van der Waals surface area contributed by atoms with Crippen molar-refractivity contribution >= 4 is 23.7 Å². The van der Waals surface area contributed by atoms with Crippen molar-refractivity contribution in [2.24, 2.45) is 0 Å². The standard InChI is InChI=1S/C15H15F3N2S.ClH/c16-12-7-11(8-13(17)14(12)18)15(10-1-6-21-9-10)20-4-2-19-3-5-20;/h1,6-9,15,19H,2-5H2;1H/t15-;/m1./s1. The van der Waals surface area contributed by atoms with E-state index in [1.54, 1.807) is 0 Å². The fourth-order valence-corrected chi connectivity index (χ4v) is 3.40. The molecule has 1 fully saturated rings. The molecule has 0 unspecified atom stereocenters. The zero-order valence-electron chi connectivity index (χ0n) is 11.7. The highest BCUT2D eigenvalue weighted by Gasteiger charge is 2.26. The molecule has 1 saturated heterocycles. The van der Waals surface area contributed by atoms with Crippen LogP contribution in [0, 0.1) is 17.5 Å². The number of piperazine rings is 1. The van der Waals surface area contributed by atoms with Crippen LogP contribution >= 0.6 is 23.7 Å². The minimum absolute atomic E-state index is 0. The summed E-state index contributed by atoms with van der Waals surface area (Å²) in [6.45, 7) is 3.21. The SMILES string of the molecule is Cl.Fc1cc([C@@H](c2ccsc2)N2CCNCC2)cc(F)c1F. The molecule has 1 N–H and O–H groups in total. The summed E-state index contributed by atoms with van der Waals surface area (Å²) in [6, 6.07) is 3.89. The molecule has 0 amide bonds. The van der Waals surface area contributed by atoms with Gasteiger partial charge in [0.25, 0.3) is 0 Å². The lowest BCUT2D eigenvalue weighted by atomic mass is 9.98. The van der Waals surface area contributed by atoms with E-state index >= 15 is 0 Å². The van der Waals surface area contributed by atoms with Gasteiger partial charge < -0.3 is 5.32 Å². The predicted molar refractivity (Wildman–Crippen MR) is 84.2 cm³/mol. The molecule has 1 aliphatic heterocycles. The van der Waals surface area contributed by atoms with Crippen molar-refractivity contribution in [3.63, 3.8) is 0 Å². The van der Waals surface area contributed by atoms with Gasteiger partial charge in [-0.3, -0.25) is 4.90 Å². The van der Waals surface area contributed by atoms with Gasteiger partial charge in [-0.25, -0.2) is 13.2 Å². The van der Waals surface area contributed by atoms with Crippen LogP contribution in [-0.2, 0) is 0 Å². The summed E-state index contributed by atoms with van der Waals surface area (Å²) in [5.74, 6) is -3.69. The largest absolute Gasteiger partial charge is 0.314 e. The third-order valence-electron chi connectivity index (χ3n) is 3.70. The molecule has 1 aromatic carbocycles. The maximum Gasteiger partial charge on any atom is 0.194 e. The number of hydrogen-bond acceptors (Lipinski definition) is 3. The second-order valence-corrected chi connectivity index (χ2v) is 5.82. The number of halogens is 4. The van der Waals surface area contributed by atoms with E-state index in [1.165, 1.54) is 11.3 Å². The molecule has 22 heavy (non-hydrogen) atoms. The summed E-state index contributed by atoms with van der Waals surface area (Å²) < 4.78 is 40.3. The third-order valence-corrected chi connectivity index (χ3v) is 4.40. The first kappa shape index (κ1) is 17.3. The zero-order chi connectivity index (χ0) is 14.8. The molecule has 0 spiro atoms. The first-order valence-electron chi connectivity index (χ1n) is 6.78. The van der Waals surface area contributed by atoms with Crippen LogP contribution < -0.4 is 5.32 Å². The molecule has 1 aromatic heterocycles. The average molecular weight is 349 g/mol. The van der Waals surface area contributed by atoms with Crippen molar-refractivity contribution in [1.29, 1.82) is 0 Å². The Bertz CT molecular complexity index is 592. The molecule has 2 nitrogen and oxygen atoms in total. The van der Waals surface area contributed by atoms with Crippen molar-refractivity contribution in [3.8, 4) is 0 Å². The molecule has 120 valence electrons. The molecule has 1 aliphatic rings. The normalized spacial score (nSPS) is 17.0. The Kier molecular flexibility index (Phi) is 5.86. The molecular formula is C15H16ClF3N2S. The first-order valence-corrected chi connectivity index (χ1v) is 7.72. The smallest absolute Gasteiger partial charge is 0.194 e. The topological polar surface area (TPSA) is 15.3 Å². The predicted octanol–water partition coefficient (Wildman–Crippen LogP) is 3.58. The number of nitrogens with one attached hydrogen (secondary N) is 1. The first-order chi connectivity index (χ1) is 10.2. The van der Waals surface area contributed by atoms with Gasteiger partial charge in [0.1, 0.15) is 0 Å². The third kappa shape index (κ3) is 3.46. The van der Waals surface area contributed by atoms with Crippen LogP contribution in [-0.4, -0.2) is 31.1 Å². The lowest BCUT2D eigenvalue weighted by molar-refractivity contribution is 0.198. The highest BCUT2D eigenvalue weighted by atomic mass is 35.5. The Morgan fingerprint density at radius 3 is 2.23 bits per heavy atom. The fourth-order valence-electron chi connectivity index (χ4n) is 2.72. The van der Waals surface area contributed by atoms with E-state index in [4.69, 9.17) is 0 Å². The molecule has 7 heteroatoms. The molecule has 3 rings (SSSR count). The van der Waals surface area contributed by atoms with Crippen molar-refractivity contribution in [2.75, 3.05) is 26.2 Å². The summed E-state index contributed by atoms with van der Waals surface area (Å²) in [7, 11) is 0. The van der Waals surface area contributed by atoms with Crippen LogP contribution in [0.3, 0.4) is 0 Å². The number of rotatable bonds is 3. The Morgan fingerprint density at radius 1 is 1.05 bits per heavy atom. The van der Waals surface area contributed by atoms with Gasteiger partial charge in [-0.05, 0) is 40.1 Å². The Labute approximate surface area is 137 Å². The maximum absolute atomic E-state index is 13.6. The lowest BCUT2D eigenvalue weighted by Gasteiger charge is -2.35. The number of hydrogen-bond donors (Lipinski definition) is 1. The Hall–Kier alpha value is -1.08. The summed E-state index contributed by atoms with van der Waals surface area (Å²) in [6.07, 6.45) is 0. The molecule has 2 heterocycles. The van der Waals surface area contributed by atoms with E-state index in [2.05, 4.69) is 10.2 Å².